The molecule has 3 rings (SSSR count). The molecule has 0 amide bonds. The molecule has 1 atom stereocenters. The zero-order valence-electron chi connectivity index (χ0n) is 11.7. The van der Waals surface area contributed by atoms with Crippen molar-refractivity contribution in [1.29, 1.82) is 0 Å². The minimum Gasteiger partial charge on any atom is -0.456 e. The number of hydrogen-bond donors (Lipinski definition) is 2. The smallest absolute Gasteiger partial charge is 0.456 e. The molecule has 1 fully saturated rings. The summed E-state index contributed by atoms with van der Waals surface area (Å²) in [6, 6.07) is 5.79. The van der Waals surface area contributed by atoms with Crippen molar-refractivity contribution in [1.82, 2.24) is 0 Å². The maximum Gasteiger partial charge on any atom is 0.494 e. The van der Waals surface area contributed by atoms with Crippen LogP contribution in [0.25, 0.3) is 0 Å². The first-order chi connectivity index (χ1) is 8.78. The molecule has 1 unspecified atom stereocenters. The molecule has 0 radical (unpaired) electrons. The van der Waals surface area contributed by atoms with Crippen molar-refractivity contribution >= 4 is 18.3 Å². The lowest BCUT2D eigenvalue weighted by atomic mass is 9.79. The van der Waals surface area contributed by atoms with E-state index in [1.54, 1.807) is 0 Å². The van der Waals surface area contributed by atoms with Crippen LogP contribution in [-0.2, 0) is 9.31 Å². The lowest BCUT2D eigenvalue weighted by Gasteiger charge is -2.32. The van der Waals surface area contributed by atoms with Crippen molar-refractivity contribution in [3.63, 3.8) is 0 Å². The van der Waals surface area contributed by atoms with E-state index in [0.29, 0.717) is 0 Å². The van der Waals surface area contributed by atoms with Crippen LogP contribution in [0.4, 0.5) is 5.69 Å². The van der Waals surface area contributed by atoms with Gasteiger partial charge in [0.2, 0.25) is 6.35 Å². The van der Waals surface area contributed by atoms with Gasteiger partial charge < -0.3 is 19.4 Å². The summed E-state index contributed by atoms with van der Waals surface area (Å²) in [6.45, 7) is 8.16. The van der Waals surface area contributed by atoms with Crippen molar-refractivity contribution in [2.45, 2.75) is 45.2 Å². The Morgan fingerprint density at radius 2 is 1.79 bits per heavy atom. The van der Waals surface area contributed by atoms with E-state index in [-0.39, 0.29) is 18.3 Å². The Kier molecular flexibility index (Phi) is 2.61. The molecular formula is C13H19BN2O3. The lowest BCUT2D eigenvalue weighted by Crippen LogP contribution is -2.41. The zero-order chi connectivity index (χ0) is 13.8. The lowest BCUT2D eigenvalue weighted by molar-refractivity contribution is 0.00578. The van der Waals surface area contributed by atoms with Crippen molar-refractivity contribution < 1.29 is 14.0 Å². The van der Waals surface area contributed by atoms with Gasteiger partial charge >= 0.3 is 7.12 Å². The number of fused-ring (bicyclic) bond motifs is 1. The molecule has 3 N–H and O–H groups in total. The number of rotatable bonds is 1. The molecule has 1 aromatic carbocycles. The molecule has 2 aliphatic heterocycles. The minimum absolute atomic E-state index is 0.336. The highest BCUT2D eigenvalue weighted by Gasteiger charge is 2.51. The van der Waals surface area contributed by atoms with E-state index in [1.165, 1.54) is 0 Å². The second-order valence-electron chi connectivity index (χ2n) is 6.03. The van der Waals surface area contributed by atoms with Crippen molar-refractivity contribution in [2.75, 3.05) is 5.32 Å². The van der Waals surface area contributed by atoms with E-state index in [9.17, 15) is 0 Å². The van der Waals surface area contributed by atoms with Crippen molar-refractivity contribution in [3.05, 3.63) is 18.2 Å². The number of nitrogens with one attached hydrogen (secondary N) is 1. The highest BCUT2D eigenvalue weighted by molar-refractivity contribution is 6.62. The van der Waals surface area contributed by atoms with Crippen LogP contribution >= 0.6 is 0 Å². The predicted octanol–water partition coefficient (Wildman–Crippen LogP) is 1.03. The maximum absolute atomic E-state index is 6.01. The second kappa shape index (κ2) is 3.88. The van der Waals surface area contributed by atoms with Gasteiger partial charge in [-0.25, -0.2) is 0 Å². The van der Waals surface area contributed by atoms with Crippen LogP contribution in [-0.4, -0.2) is 24.7 Å². The summed E-state index contributed by atoms with van der Waals surface area (Å²) in [5.74, 6) is 0.757. The van der Waals surface area contributed by atoms with Crippen molar-refractivity contribution in [3.8, 4) is 5.75 Å². The van der Waals surface area contributed by atoms with Gasteiger partial charge in [-0.3, -0.25) is 5.73 Å². The fraction of sp³-hybridized carbons (Fsp3) is 0.538. The molecule has 2 heterocycles. The van der Waals surface area contributed by atoms with Gasteiger partial charge in [0.1, 0.15) is 5.75 Å². The Bertz CT molecular complexity index is 503. The number of benzene rings is 1. The molecule has 6 heteroatoms. The minimum atomic E-state index is -0.483. The molecule has 1 aromatic rings. The summed E-state index contributed by atoms with van der Waals surface area (Å²) in [7, 11) is -0.367. The fourth-order valence-corrected chi connectivity index (χ4v) is 2.21. The van der Waals surface area contributed by atoms with E-state index in [4.69, 9.17) is 19.8 Å². The molecule has 2 aliphatic rings. The third kappa shape index (κ3) is 2.00. The average Bonchev–Trinajstić information content (AvgIpc) is 2.74. The Labute approximate surface area is 113 Å². The van der Waals surface area contributed by atoms with Crippen LogP contribution in [0.5, 0.6) is 5.75 Å². The molecule has 19 heavy (non-hydrogen) atoms. The van der Waals surface area contributed by atoms with Crippen LogP contribution < -0.4 is 21.3 Å². The molecule has 5 nitrogen and oxygen atoms in total. The van der Waals surface area contributed by atoms with Crippen LogP contribution in [0.15, 0.2) is 18.2 Å². The van der Waals surface area contributed by atoms with Crippen molar-refractivity contribution in [2.24, 2.45) is 5.73 Å². The SMILES string of the molecule is CC1(C)OB(c2ccc3c(c2)NC(N)O3)OC1(C)C. The van der Waals surface area contributed by atoms with E-state index in [1.807, 2.05) is 45.9 Å². The summed E-state index contributed by atoms with van der Waals surface area (Å²) in [5.41, 5.74) is 6.84. The molecule has 0 aliphatic carbocycles. The number of anilines is 1. The second-order valence-corrected chi connectivity index (χ2v) is 6.03. The Morgan fingerprint density at radius 3 is 2.42 bits per heavy atom. The van der Waals surface area contributed by atoms with E-state index in [2.05, 4.69) is 5.32 Å². The number of ether oxygens (including phenoxy) is 1. The van der Waals surface area contributed by atoms with Gasteiger partial charge in [-0.1, -0.05) is 6.07 Å². The third-order valence-corrected chi connectivity index (χ3v) is 4.08. The molecule has 0 aromatic heterocycles. The van der Waals surface area contributed by atoms with Crippen LogP contribution in [0.2, 0.25) is 0 Å². The molecule has 0 bridgehead atoms. The first-order valence-corrected chi connectivity index (χ1v) is 6.47. The normalized spacial score (nSPS) is 26.8. The Balaban J connectivity index is 1.88. The molecule has 0 spiro atoms. The van der Waals surface area contributed by atoms with Gasteiger partial charge in [0.05, 0.1) is 16.9 Å². The van der Waals surface area contributed by atoms with Crippen LogP contribution in [0.3, 0.4) is 0 Å². The fourth-order valence-electron chi connectivity index (χ4n) is 2.21. The molecule has 1 saturated heterocycles. The van der Waals surface area contributed by atoms with E-state index >= 15 is 0 Å². The zero-order valence-corrected chi connectivity index (χ0v) is 11.7. The predicted molar refractivity (Wildman–Crippen MR) is 74.4 cm³/mol. The van der Waals surface area contributed by atoms with Gasteiger partial charge in [-0.05, 0) is 45.3 Å². The molecule has 102 valence electrons. The number of nitrogens with two attached hydrogens (primary N) is 1. The van der Waals surface area contributed by atoms with Gasteiger partial charge in [0, 0.05) is 0 Å². The standard InChI is InChI=1S/C13H19BN2O3/c1-12(2)13(3,4)19-14(18-12)8-5-6-10-9(7-8)16-11(15)17-10/h5-7,11,16H,15H2,1-4H3. The highest BCUT2D eigenvalue weighted by atomic mass is 16.7. The quantitative estimate of drug-likeness (QED) is 0.740. The summed E-state index contributed by atoms with van der Waals surface area (Å²) in [5, 5.41) is 3.05. The van der Waals surface area contributed by atoms with Crippen LogP contribution in [0, 0.1) is 0 Å². The third-order valence-electron chi connectivity index (χ3n) is 4.08. The highest BCUT2D eigenvalue weighted by Crippen LogP contribution is 2.37. The van der Waals surface area contributed by atoms with Gasteiger partial charge in [-0.15, -0.1) is 0 Å². The average molecular weight is 262 g/mol. The Morgan fingerprint density at radius 1 is 1.16 bits per heavy atom. The largest absolute Gasteiger partial charge is 0.494 e. The maximum atomic E-state index is 6.01. The van der Waals surface area contributed by atoms with E-state index < -0.39 is 6.35 Å². The van der Waals surface area contributed by atoms with E-state index in [0.717, 1.165) is 16.9 Å². The topological polar surface area (TPSA) is 65.7 Å². The first-order valence-electron chi connectivity index (χ1n) is 6.47. The van der Waals surface area contributed by atoms with Gasteiger partial charge in [-0.2, -0.15) is 0 Å². The molecule has 0 saturated carbocycles. The van der Waals surface area contributed by atoms with Gasteiger partial charge in [0.15, 0.2) is 0 Å². The van der Waals surface area contributed by atoms with Crippen LogP contribution in [0.1, 0.15) is 27.7 Å². The molecular weight excluding hydrogens is 243 g/mol. The first kappa shape index (κ1) is 12.8. The summed E-state index contributed by atoms with van der Waals surface area (Å²) in [4.78, 5) is 0. The number of hydrogen-bond acceptors (Lipinski definition) is 5. The summed E-state index contributed by atoms with van der Waals surface area (Å²) in [6.07, 6.45) is -0.483. The Hall–Kier alpha value is -1.24. The summed E-state index contributed by atoms with van der Waals surface area (Å²) >= 11 is 0. The monoisotopic (exact) mass is 262 g/mol. The summed E-state index contributed by atoms with van der Waals surface area (Å²) < 4.78 is 17.4. The van der Waals surface area contributed by atoms with Gasteiger partial charge in [0.25, 0.3) is 0 Å².